The quantitative estimate of drug-likeness (QED) is 0.887. The molecule has 94 valence electrons. The minimum Gasteiger partial charge on any atom is -0.320 e. The number of carbonyl (C=O) groups excluding carboxylic acids is 1. The Morgan fingerprint density at radius 1 is 1.59 bits per heavy atom. The monoisotopic (exact) mass is 272 g/mol. The van der Waals surface area contributed by atoms with Gasteiger partial charge in [0.2, 0.25) is 5.91 Å². The highest BCUT2D eigenvalue weighted by molar-refractivity contribution is 7.84. The minimum absolute atomic E-state index is 0.0546. The fourth-order valence-corrected chi connectivity index (χ4v) is 3.17. The normalized spacial score (nSPS) is 26.5. The Morgan fingerprint density at radius 3 is 2.94 bits per heavy atom. The Hall–Kier alpha value is -0.720. The van der Waals surface area contributed by atoms with Crippen LogP contribution in [0.25, 0.3) is 0 Å². The molecule has 2 heterocycles. The summed E-state index contributed by atoms with van der Waals surface area (Å²) in [6.45, 7) is 2.41. The molecule has 0 bridgehead atoms. The van der Waals surface area contributed by atoms with Crippen LogP contribution in [-0.4, -0.2) is 39.6 Å². The lowest BCUT2D eigenvalue weighted by Crippen LogP contribution is -2.33. The molecule has 0 aliphatic carbocycles. The summed E-state index contributed by atoms with van der Waals surface area (Å²) in [4.78, 5) is 14.9. The summed E-state index contributed by atoms with van der Waals surface area (Å²) in [6, 6.07) is 3.84. The first kappa shape index (κ1) is 12.7. The van der Waals surface area contributed by atoms with Crippen LogP contribution in [0.4, 0.5) is 0 Å². The number of rotatable bonds is 4. The molecule has 2 rings (SSSR count). The topological polar surface area (TPSA) is 49.4 Å². The first-order valence-electron chi connectivity index (χ1n) is 5.49. The summed E-state index contributed by atoms with van der Waals surface area (Å²) in [7, 11) is -0.868. The van der Waals surface area contributed by atoms with Gasteiger partial charge in [-0.3, -0.25) is 14.3 Å². The predicted molar refractivity (Wildman–Crippen MR) is 70.3 cm³/mol. The second-order valence-corrected chi connectivity index (χ2v) is 6.65. The second-order valence-electron chi connectivity index (χ2n) is 4.12. The van der Waals surface area contributed by atoms with E-state index in [2.05, 4.69) is 5.32 Å². The third kappa shape index (κ3) is 2.75. The number of nitrogens with zero attached hydrogens (tertiary/aromatic N) is 1. The summed E-state index contributed by atoms with van der Waals surface area (Å²) < 4.78 is 11.1. The van der Waals surface area contributed by atoms with Gasteiger partial charge in [0, 0.05) is 34.2 Å². The maximum atomic E-state index is 12.0. The minimum atomic E-state index is -0.868. The van der Waals surface area contributed by atoms with Gasteiger partial charge < -0.3 is 4.90 Å². The predicted octanol–water partition coefficient (Wildman–Crippen LogP) is 0.946. The van der Waals surface area contributed by atoms with E-state index < -0.39 is 10.8 Å². The van der Waals surface area contributed by atoms with E-state index in [1.807, 2.05) is 24.4 Å². The Balaban J connectivity index is 2.13. The molecule has 1 aromatic heterocycles. The summed E-state index contributed by atoms with van der Waals surface area (Å²) in [6.07, 6.45) is 1.61. The van der Waals surface area contributed by atoms with Gasteiger partial charge in [0.1, 0.15) is 6.17 Å². The third-order valence-electron chi connectivity index (χ3n) is 2.81. The van der Waals surface area contributed by atoms with Crippen LogP contribution in [-0.2, 0) is 15.6 Å². The fraction of sp³-hybridized carbons (Fsp3) is 0.545. The van der Waals surface area contributed by atoms with Crippen LogP contribution < -0.4 is 5.32 Å². The Bertz CT molecular complexity index is 419. The molecule has 4 nitrogen and oxygen atoms in total. The molecule has 17 heavy (non-hydrogen) atoms. The molecular formula is C11H16N2O2S2. The Labute approximate surface area is 107 Å². The summed E-state index contributed by atoms with van der Waals surface area (Å²) in [5.74, 6) is 0.621. The molecule has 3 atom stereocenters. The fourth-order valence-electron chi connectivity index (χ4n) is 1.92. The number of amides is 1. The molecule has 0 aromatic carbocycles. The third-order valence-corrected chi connectivity index (χ3v) is 4.49. The van der Waals surface area contributed by atoms with Crippen molar-refractivity contribution < 1.29 is 9.00 Å². The lowest BCUT2D eigenvalue weighted by atomic mass is 10.3. The van der Waals surface area contributed by atoms with E-state index in [1.165, 1.54) is 0 Å². The summed E-state index contributed by atoms with van der Waals surface area (Å²) >= 11 is 1.63. The Kier molecular flexibility index (Phi) is 3.96. The van der Waals surface area contributed by atoms with Crippen LogP contribution in [0.15, 0.2) is 17.5 Å². The lowest BCUT2D eigenvalue weighted by molar-refractivity contribution is -0.129. The van der Waals surface area contributed by atoms with Gasteiger partial charge in [-0.15, -0.1) is 11.3 Å². The van der Waals surface area contributed by atoms with Gasteiger partial charge in [-0.25, -0.2) is 0 Å². The summed E-state index contributed by atoms with van der Waals surface area (Å²) in [5.41, 5.74) is 0. The molecule has 1 aliphatic rings. The van der Waals surface area contributed by atoms with Crippen LogP contribution in [0.2, 0.25) is 0 Å². The molecule has 3 unspecified atom stereocenters. The number of nitrogens with one attached hydrogen (secondary N) is 1. The van der Waals surface area contributed by atoms with Gasteiger partial charge in [0.25, 0.3) is 0 Å². The van der Waals surface area contributed by atoms with Crippen LogP contribution in [0.3, 0.4) is 0 Å². The van der Waals surface area contributed by atoms with Crippen molar-refractivity contribution in [3.05, 3.63) is 22.4 Å². The molecule has 1 aromatic rings. The van der Waals surface area contributed by atoms with Gasteiger partial charge in [-0.05, 0) is 18.4 Å². The van der Waals surface area contributed by atoms with Crippen molar-refractivity contribution in [3.63, 3.8) is 0 Å². The van der Waals surface area contributed by atoms with E-state index >= 15 is 0 Å². The standard InChI is InChI=1S/C11H16N2O2S2/c1-8-11(14)13(5-7-17(2)15)10(12-8)9-4-3-6-16-9/h3-4,6,8,10,12H,5,7H2,1-2H3. The van der Waals surface area contributed by atoms with E-state index in [4.69, 9.17) is 0 Å². The van der Waals surface area contributed by atoms with Gasteiger partial charge >= 0.3 is 0 Å². The van der Waals surface area contributed by atoms with Crippen molar-refractivity contribution in [2.24, 2.45) is 0 Å². The number of carbonyl (C=O) groups is 1. The maximum Gasteiger partial charge on any atom is 0.241 e. The van der Waals surface area contributed by atoms with E-state index in [0.717, 1.165) is 4.88 Å². The van der Waals surface area contributed by atoms with E-state index in [-0.39, 0.29) is 18.1 Å². The zero-order chi connectivity index (χ0) is 12.4. The van der Waals surface area contributed by atoms with Crippen molar-refractivity contribution >= 4 is 28.0 Å². The zero-order valence-electron chi connectivity index (χ0n) is 9.88. The molecule has 1 amide bonds. The van der Waals surface area contributed by atoms with E-state index in [1.54, 1.807) is 22.5 Å². The lowest BCUT2D eigenvalue weighted by Gasteiger charge is -2.22. The summed E-state index contributed by atoms with van der Waals surface area (Å²) in [5, 5.41) is 5.27. The highest BCUT2D eigenvalue weighted by Gasteiger charge is 2.37. The van der Waals surface area contributed by atoms with Crippen molar-refractivity contribution in [1.82, 2.24) is 10.2 Å². The highest BCUT2D eigenvalue weighted by Crippen LogP contribution is 2.28. The van der Waals surface area contributed by atoms with Crippen molar-refractivity contribution in [3.8, 4) is 0 Å². The number of hydrogen-bond donors (Lipinski definition) is 1. The molecule has 1 fully saturated rings. The van der Waals surface area contributed by atoms with E-state index in [0.29, 0.717) is 12.3 Å². The first-order valence-corrected chi connectivity index (χ1v) is 8.10. The molecular weight excluding hydrogens is 256 g/mol. The van der Waals surface area contributed by atoms with Gasteiger partial charge in [0.05, 0.1) is 6.04 Å². The average Bonchev–Trinajstić information content (AvgIpc) is 2.87. The molecule has 0 saturated carbocycles. The number of thiophene rings is 1. The second kappa shape index (κ2) is 5.29. The SMILES string of the molecule is CC1NC(c2cccs2)N(CCS(C)=O)C1=O. The van der Waals surface area contributed by atoms with Gasteiger partial charge in [-0.1, -0.05) is 6.07 Å². The first-order chi connectivity index (χ1) is 8.09. The molecule has 0 radical (unpaired) electrons. The van der Waals surface area contributed by atoms with Gasteiger partial charge in [0.15, 0.2) is 0 Å². The van der Waals surface area contributed by atoms with E-state index in [9.17, 15) is 9.00 Å². The van der Waals surface area contributed by atoms with Crippen molar-refractivity contribution in [1.29, 1.82) is 0 Å². The van der Waals surface area contributed by atoms with Crippen molar-refractivity contribution in [2.45, 2.75) is 19.1 Å². The molecule has 1 saturated heterocycles. The van der Waals surface area contributed by atoms with Crippen molar-refractivity contribution in [2.75, 3.05) is 18.6 Å². The maximum absolute atomic E-state index is 12.0. The molecule has 1 N–H and O–H groups in total. The van der Waals surface area contributed by atoms with Crippen LogP contribution in [0.1, 0.15) is 18.0 Å². The van der Waals surface area contributed by atoms with Gasteiger partial charge in [-0.2, -0.15) is 0 Å². The Morgan fingerprint density at radius 2 is 2.35 bits per heavy atom. The molecule has 0 spiro atoms. The van der Waals surface area contributed by atoms with Crippen LogP contribution in [0, 0.1) is 0 Å². The zero-order valence-corrected chi connectivity index (χ0v) is 11.5. The van der Waals surface area contributed by atoms with Crippen LogP contribution in [0.5, 0.6) is 0 Å². The van der Waals surface area contributed by atoms with Crippen LogP contribution >= 0.6 is 11.3 Å². The molecule has 1 aliphatic heterocycles. The largest absolute Gasteiger partial charge is 0.320 e. The number of hydrogen-bond acceptors (Lipinski definition) is 4. The average molecular weight is 272 g/mol. The molecule has 6 heteroatoms. The highest BCUT2D eigenvalue weighted by atomic mass is 32.2. The smallest absolute Gasteiger partial charge is 0.241 e.